The van der Waals surface area contributed by atoms with Crippen molar-refractivity contribution in [2.75, 3.05) is 20.7 Å². The van der Waals surface area contributed by atoms with Gasteiger partial charge in [0, 0.05) is 24.2 Å². The van der Waals surface area contributed by atoms with Crippen LogP contribution in [0.25, 0.3) is 0 Å². The van der Waals surface area contributed by atoms with Crippen LogP contribution in [0, 0.1) is 12.8 Å². The molecule has 1 aromatic rings. The van der Waals surface area contributed by atoms with Crippen LogP contribution in [0.5, 0.6) is 0 Å². The van der Waals surface area contributed by atoms with E-state index in [4.69, 9.17) is 11.6 Å². The fourth-order valence-corrected chi connectivity index (χ4v) is 2.07. The van der Waals surface area contributed by atoms with Crippen molar-refractivity contribution in [3.8, 4) is 0 Å². The Labute approximate surface area is 118 Å². The van der Waals surface area contributed by atoms with Crippen molar-refractivity contribution < 1.29 is 14.3 Å². The number of aryl methyl sites for hydroxylation is 1. The average Bonchev–Trinajstić information content (AvgIpc) is 2.36. The van der Waals surface area contributed by atoms with Crippen molar-refractivity contribution >= 4 is 23.5 Å². The topological polar surface area (TPSA) is 46.6 Å². The lowest BCUT2D eigenvalue weighted by Gasteiger charge is -2.21. The van der Waals surface area contributed by atoms with Crippen LogP contribution >= 0.6 is 11.6 Å². The average molecular weight is 284 g/mol. The van der Waals surface area contributed by atoms with Crippen LogP contribution in [-0.2, 0) is 9.53 Å². The number of ether oxygens (including phenoxy) is 1. The van der Waals surface area contributed by atoms with Crippen LogP contribution in [0.3, 0.4) is 0 Å². The van der Waals surface area contributed by atoms with E-state index in [0.717, 1.165) is 5.56 Å². The van der Waals surface area contributed by atoms with Gasteiger partial charge in [-0.15, -0.1) is 0 Å². The third kappa shape index (κ3) is 3.96. The molecule has 1 rings (SSSR count). The molecule has 19 heavy (non-hydrogen) atoms. The molecule has 1 atom stereocenters. The molecule has 5 heteroatoms. The molecule has 0 saturated heterocycles. The molecular formula is C14H18ClNO3. The number of amides is 1. The minimum absolute atomic E-state index is 0.134. The Balaban J connectivity index is 2.79. The molecule has 1 unspecified atom stereocenters. The summed E-state index contributed by atoms with van der Waals surface area (Å²) in [5.74, 6) is -0.816. The first-order valence-electron chi connectivity index (χ1n) is 5.96. The number of carbonyl (C=O) groups excluding carboxylic acids is 2. The van der Waals surface area contributed by atoms with Gasteiger partial charge in [0.15, 0.2) is 0 Å². The molecule has 0 spiro atoms. The summed E-state index contributed by atoms with van der Waals surface area (Å²) in [6, 6.07) is 5.12. The van der Waals surface area contributed by atoms with Gasteiger partial charge in [0.2, 0.25) is 0 Å². The van der Waals surface area contributed by atoms with Crippen molar-refractivity contribution in [3.05, 3.63) is 34.3 Å². The highest BCUT2D eigenvalue weighted by Gasteiger charge is 2.20. The Kier molecular flexibility index (Phi) is 5.36. The summed E-state index contributed by atoms with van der Waals surface area (Å²) in [6.45, 7) is 3.87. The number of nitrogens with zero attached hydrogens (tertiary/aromatic N) is 1. The van der Waals surface area contributed by atoms with Gasteiger partial charge in [-0.25, -0.2) is 0 Å². The van der Waals surface area contributed by atoms with Crippen LogP contribution in [0.1, 0.15) is 22.8 Å². The zero-order valence-electron chi connectivity index (χ0n) is 11.6. The first kappa shape index (κ1) is 15.5. The molecule has 0 aliphatic heterocycles. The molecule has 0 bridgehead atoms. The van der Waals surface area contributed by atoms with E-state index in [-0.39, 0.29) is 17.8 Å². The van der Waals surface area contributed by atoms with Gasteiger partial charge < -0.3 is 9.64 Å². The molecule has 0 aromatic heterocycles. The monoisotopic (exact) mass is 283 g/mol. The van der Waals surface area contributed by atoms with Crippen LogP contribution in [-0.4, -0.2) is 37.5 Å². The number of hydrogen-bond acceptors (Lipinski definition) is 3. The van der Waals surface area contributed by atoms with Gasteiger partial charge in [0.1, 0.15) is 0 Å². The molecule has 104 valence electrons. The fourth-order valence-electron chi connectivity index (χ4n) is 1.84. The van der Waals surface area contributed by atoms with Gasteiger partial charge in [0.25, 0.3) is 5.91 Å². The van der Waals surface area contributed by atoms with Gasteiger partial charge in [-0.2, -0.15) is 0 Å². The molecule has 0 radical (unpaired) electrons. The quantitative estimate of drug-likeness (QED) is 0.798. The van der Waals surface area contributed by atoms with Crippen molar-refractivity contribution in [1.82, 2.24) is 4.90 Å². The van der Waals surface area contributed by atoms with Crippen LogP contribution in [0.2, 0.25) is 5.02 Å². The summed E-state index contributed by atoms with van der Waals surface area (Å²) in [5.41, 5.74) is 1.40. The Morgan fingerprint density at radius 3 is 2.58 bits per heavy atom. The Morgan fingerprint density at radius 2 is 2.05 bits per heavy atom. The largest absolute Gasteiger partial charge is 0.469 e. The fraction of sp³-hybridized carbons (Fsp3) is 0.429. The second-order valence-corrected chi connectivity index (χ2v) is 5.01. The second-order valence-electron chi connectivity index (χ2n) is 4.57. The third-order valence-corrected chi connectivity index (χ3v) is 3.15. The van der Waals surface area contributed by atoms with Crippen molar-refractivity contribution in [2.45, 2.75) is 13.8 Å². The zero-order valence-corrected chi connectivity index (χ0v) is 12.3. The minimum atomic E-state index is -0.355. The summed E-state index contributed by atoms with van der Waals surface area (Å²) in [4.78, 5) is 25.1. The van der Waals surface area contributed by atoms with E-state index in [0.29, 0.717) is 17.1 Å². The van der Waals surface area contributed by atoms with E-state index < -0.39 is 0 Å². The Bertz CT molecular complexity index is 488. The number of hydrogen-bond donors (Lipinski definition) is 0. The molecule has 1 aromatic carbocycles. The van der Waals surface area contributed by atoms with Crippen molar-refractivity contribution in [1.29, 1.82) is 0 Å². The lowest BCUT2D eigenvalue weighted by molar-refractivity contribution is -0.145. The Hall–Kier alpha value is -1.55. The number of rotatable bonds is 4. The molecule has 0 aliphatic carbocycles. The maximum atomic E-state index is 12.3. The number of methoxy groups -OCH3 is 1. The molecule has 0 aliphatic rings. The van der Waals surface area contributed by atoms with E-state index in [1.807, 2.05) is 6.92 Å². The highest BCUT2D eigenvalue weighted by atomic mass is 35.5. The number of carbonyl (C=O) groups is 2. The molecular weight excluding hydrogens is 266 g/mol. The van der Waals surface area contributed by atoms with Crippen LogP contribution < -0.4 is 0 Å². The van der Waals surface area contributed by atoms with E-state index in [1.54, 1.807) is 32.2 Å². The summed E-state index contributed by atoms with van der Waals surface area (Å²) in [6.07, 6.45) is 0. The lowest BCUT2D eigenvalue weighted by atomic mass is 10.1. The highest BCUT2D eigenvalue weighted by molar-refractivity contribution is 6.30. The Morgan fingerprint density at radius 1 is 1.42 bits per heavy atom. The summed E-state index contributed by atoms with van der Waals surface area (Å²) in [7, 11) is 3.00. The van der Waals surface area contributed by atoms with Gasteiger partial charge in [0.05, 0.1) is 13.0 Å². The minimum Gasteiger partial charge on any atom is -0.469 e. The third-order valence-electron chi connectivity index (χ3n) is 2.92. The molecule has 0 saturated carbocycles. The van der Waals surface area contributed by atoms with Gasteiger partial charge in [-0.05, 0) is 30.7 Å². The maximum absolute atomic E-state index is 12.3. The first-order chi connectivity index (χ1) is 8.86. The summed E-state index contributed by atoms with van der Waals surface area (Å²) < 4.78 is 4.64. The summed E-state index contributed by atoms with van der Waals surface area (Å²) >= 11 is 5.86. The van der Waals surface area contributed by atoms with Gasteiger partial charge in [-0.1, -0.05) is 18.5 Å². The predicted molar refractivity (Wildman–Crippen MR) is 74.3 cm³/mol. The van der Waals surface area contributed by atoms with Gasteiger partial charge >= 0.3 is 5.97 Å². The summed E-state index contributed by atoms with van der Waals surface area (Å²) in [5, 5.41) is 0.597. The number of benzene rings is 1. The normalized spacial score (nSPS) is 11.8. The molecule has 1 amide bonds. The van der Waals surface area contributed by atoms with E-state index in [1.165, 1.54) is 12.0 Å². The highest BCUT2D eigenvalue weighted by Crippen LogP contribution is 2.17. The van der Waals surface area contributed by atoms with E-state index >= 15 is 0 Å². The van der Waals surface area contributed by atoms with Crippen molar-refractivity contribution in [2.24, 2.45) is 5.92 Å². The van der Waals surface area contributed by atoms with Crippen LogP contribution in [0.4, 0.5) is 0 Å². The van der Waals surface area contributed by atoms with E-state index in [2.05, 4.69) is 4.74 Å². The molecule has 0 N–H and O–H groups in total. The number of halogens is 1. The van der Waals surface area contributed by atoms with Crippen LogP contribution in [0.15, 0.2) is 18.2 Å². The van der Waals surface area contributed by atoms with E-state index in [9.17, 15) is 9.59 Å². The van der Waals surface area contributed by atoms with Gasteiger partial charge in [-0.3, -0.25) is 9.59 Å². The second kappa shape index (κ2) is 6.57. The smallest absolute Gasteiger partial charge is 0.310 e. The molecule has 4 nitrogen and oxygen atoms in total. The maximum Gasteiger partial charge on any atom is 0.310 e. The SMILES string of the molecule is COC(=O)C(C)CN(C)C(=O)c1ccc(Cl)cc1C. The molecule has 0 heterocycles. The van der Waals surface area contributed by atoms with Crippen molar-refractivity contribution in [3.63, 3.8) is 0 Å². The zero-order chi connectivity index (χ0) is 14.6. The predicted octanol–water partition coefficient (Wildman–Crippen LogP) is 2.53. The first-order valence-corrected chi connectivity index (χ1v) is 6.34. The number of esters is 1. The lowest BCUT2D eigenvalue weighted by Crippen LogP contribution is -2.34. The molecule has 0 fully saturated rings. The standard InChI is InChI=1S/C14H18ClNO3/c1-9-7-11(15)5-6-12(9)13(17)16(3)8-10(2)14(18)19-4/h5-7,10H,8H2,1-4H3.